The van der Waals surface area contributed by atoms with Crippen LogP contribution in [0.1, 0.15) is 6.92 Å². The Morgan fingerprint density at radius 1 is 1.73 bits per heavy atom. The summed E-state index contributed by atoms with van der Waals surface area (Å²) in [6.07, 6.45) is 1.59. The van der Waals surface area contributed by atoms with Crippen LogP contribution in [-0.4, -0.2) is 16.4 Å². The topological polar surface area (TPSA) is 46.5 Å². The molecule has 0 aromatic carbocycles. The lowest BCUT2D eigenvalue weighted by molar-refractivity contribution is -0.133. The van der Waals surface area contributed by atoms with Crippen LogP contribution in [0.5, 0.6) is 0 Å². The van der Waals surface area contributed by atoms with Crippen molar-refractivity contribution in [3.8, 4) is 0 Å². The summed E-state index contributed by atoms with van der Waals surface area (Å²) < 4.78 is 4.69. The number of alkyl halides is 1. The molecule has 0 amide bonds. The molecule has 11 heavy (non-hydrogen) atoms. The van der Waals surface area contributed by atoms with Gasteiger partial charge >= 0.3 is 5.97 Å². The number of hydrogen-bond donors (Lipinski definition) is 1. The molecule has 3 nitrogen and oxygen atoms in total. The van der Waals surface area contributed by atoms with E-state index in [0.717, 1.165) is 0 Å². The lowest BCUT2D eigenvalue weighted by Gasteiger charge is -1.94. The fourth-order valence-electron chi connectivity index (χ4n) is 0.715. The van der Waals surface area contributed by atoms with Crippen LogP contribution in [0.3, 0.4) is 0 Å². The number of hydrogen-bond acceptors (Lipinski definition) is 3. The first-order valence-corrected chi connectivity index (χ1v) is 4.17. The molecule has 1 N–H and O–H groups in total. The first-order chi connectivity index (χ1) is 5.16. The van der Waals surface area contributed by atoms with Crippen LogP contribution in [-0.2, 0) is 9.53 Å². The normalized spacial score (nSPS) is 21.3. The van der Waals surface area contributed by atoms with E-state index in [1.165, 1.54) is 6.92 Å². The van der Waals surface area contributed by atoms with E-state index in [4.69, 9.17) is 4.74 Å². The molecule has 0 spiro atoms. The van der Waals surface area contributed by atoms with Gasteiger partial charge in [-0.05, 0) is 13.0 Å². The van der Waals surface area contributed by atoms with Crippen LogP contribution in [0.25, 0.3) is 0 Å². The number of esters is 1. The van der Waals surface area contributed by atoms with Crippen LogP contribution in [0.2, 0.25) is 0 Å². The third kappa shape index (κ3) is 1.45. The molecule has 0 bridgehead atoms. The lowest BCUT2D eigenvalue weighted by Crippen LogP contribution is -1.94. The average Bonchev–Trinajstić information content (AvgIpc) is 2.19. The number of carbonyl (C=O) groups is 1. The largest absolute Gasteiger partial charge is 0.504 e. The van der Waals surface area contributed by atoms with Crippen molar-refractivity contribution in [1.82, 2.24) is 0 Å². The number of rotatable bonds is 1. The average molecular weight is 219 g/mol. The summed E-state index contributed by atoms with van der Waals surface area (Å²) >= 11 is 3.13. The maximum absolute atomic E-state index is 10.8. The minimum atomic E-state index is -0.477. The monoisotopic (exact) mass is 218 g/mol. The van der Waals surface area contributed by atoms with Gasteiger partial charge in [-0.1, -0.05) is 15.9 Å². The molecule has 1 heterocycles. The van der Waals surface area contributed by atoms with Gasteiger partial charge in [0.1, 0.15) is 0 Å². The highest BCUT2D eigenvalue weighted by Gasteiger charge is 2.25. The first-order valence-electron chi connectivity index (χ1n) is 3.05. The zero-order valence-electron chi connectivity index (χ0n) is 5.93. The number of aliphatic hydroxyl groups excluding tert-OH is 1. The summed E-state index contributed by atoms with van der Waals surface area (Å²) in [5.41, 5.74) is 0.261. The summed E-state index contributed by atoms with van der Waals surface area (Å²) in [4.78, 5) is 10.8. The molecule has 1 aliphatic rings. The number of ether oxygens (including phenoxy) is 1. The summed E-state index contributed by atoms with van der Waals surface area (Å²) in [5, 5.41) is 9.75. The third-order valence-electron chi connectivity index (χ3n) is 1.36. The van der Waals surface area contributed by atoms with E-state index in [1.807, 2.05) is 0 Å². The van der Waals surface area contributed by atoms with E-state index in [1.54, 1.807) is 6.08 Å². The summed E-state index contributed by atoms with van der Waals surface area (Å²) in [6, 6.07) is 0. The fraction of sp³-hybridized carbons (Fsp3) is 0.286. The Kier molecular flexibility index (Phi) is 2.34. The molecule has 0 fully saturated rings. The molecule has 0 atom stereocenters. The number of allylic oxidation sites excluding steroid dienone is 1. The maximum atomic E-state index is 10.8. The molecule has 0 radical (unpaired) electrons. The Morgan fingerprint density at radius 2 is 2.36 bits per heavy atom. The minimum Gasteiger partial charge on any atom is -0.504 e. The fourth-order valence-corrected chi connectivity index (χ4v) is 1.01. The first kappa shape index (κ1) is 8.33. The number of cyclic esters (lactones) is 1. The van der Waals surface area contributed by atoms with E-state index in [2.05, 4.69) is 15.9 Å². The number of halogens is 1. The van der Waals surface area contributed by atoms with Crippen molar-refractivity contribution in [3.63, 3.8) is 0 Å². The van der Waals surface area contributed by atoms with Gasteiger partial charge in [-0.25, -0.2) is 4.79 Å². The highest BCUT2D eigenvalue weighted by Crippen LogP contribution is 2.23. The molecule has 1 rings (SSSR count). The summed E-state index contributed by atoms with van der Waals surface area (Å²) in [5.74, 6) is -0.298. The SMILES string of the molecule is CC1=C(O)/C(=C\CBr)OC1=O. The second-order valence-corrected chi connectivity index (χ2v) is 2.73. The predicted octanol–water partition coefficient (Wildman–Crippen LogP) is 1.65. The molecule has 1 aliphatic heterocycles. The Morgan fingerprint density at radius 3 is 2.73 bits per heavy atom. The van der Waals surface area contributed by atoms with E-state index >= 15 is 0 Å². The molecule has 0 saturated heterocycles. The van der Waals surface area contributed by atoms with Crippen molar-refractivity contribution >= 4 is 21.9 Å². The molecule has 0 aromatic rings. The standard InChI is InChI=1S/C7H7BrO3/c1-4-6(9)5(2-3-8)11-7(4)10/h2,9H,3H2,1H3/b5-2+. The van der Waals surface area contributed by atoms with Crippen LogP contribution in [0.15, 0.2) is 23.2 Å². The van der Waals surface area contributed by atoms with Crippen LogP contribution >= 0.6 is 15.9 Å². The quantitative estimate of drug-likeness (QED) is 0.538. The van der Waals surface area contributed by atoms with Crippen molar-refractivity contribution in [2.75, 3.05) is 5.33 Å². The van der Waals surface area contributed by atoms with Gasteiger partial charge in [0.15, 0.2) is 11.5 Å². The van der Waals surface area contributed by atoms with Gasteiger partial charge in [-0.15, -0.1) is 0 Å². The maximum Gasteiger partial charge on any atom is 0.343 e. The number of aliphatic hydroxyl groups is 1. The van der Waals surface area contributed by atoms with Crippen molar-refractivity contribution < 1.29 is 14.6 Å². The smallest absolute Gasteiger partial charge is 0.343 e. The van der Waals surface area contributed by atoms with Crippen LogP contribution in [0, 0.1) is 0 Å². The zero-order chi connectivity index (χ0) is 8.43. The zero-order valence-corrected chi connectivity index (χ0v) is 7.51. The lowest BCUT2D eigenvalue weighted by atomic mass is 10.3. The highest BCUT2D eigenvalue weighted by molar-refractivity contribution is 9.09. The third-order valence-corrected chi connectivity index (χ3v) is 1.68. The Balaban J connectivity index is 2.95. The van der Waals surface area contributed by atoms with E-state index in [-0.39, 0.29) is 17.1 Å². The van der Waals surface area contributed by atoms with Gasteiger partial charge < -0.3 is 9.84 Å². The number of carbonyl (C=O) groups excluding carboxylic acids is 1. The predicted molar refractivity (Wildman–Crippen MR) is 43.3 cm³/mol. The molecular formula is C7H7BrO3. The second kappa shape index (κ2) is 3.09. The Hall–Kier alpha value is -0.770. The second-order valence-electron chi connectivity index (χ2n) is 2.09. The van der Waals surface area contributed by atoms with Crippen LogP contribution in [0.4, 0.5) is 0 Å². The van der Waals surface area contributed by atoms with Gasteiger partial charge in [0.2, 0.25) is 0 Å². The van der Waals surface area contributed by atoms with Crippen molar-refractivity contribution in [2.45, 2.75) is 6.92 Å². The van der Waals surface area contributed by atoms with Crippen molar-refractivity contribution in [1.29, 1.82) is 0 Å². The van der Waals surface area contributed by atoms with Gasteiger partial charge in [0.05, 0.1) is 5.57 Å². The molecular weight excluding hydrogens is 212 g/mol. The Labute approximate surface area is 72.5 Å². The van der Waals surface area contributed by atoms with Gasteiger partial charge in [-0.2, -0.15) is 0 Å². The van der Waals surface area contributed by atoms with Crippen molar-refractivity contribution in [3.05, 3.63) is 23.2 Å². The van der Waals surface area contributed by atoms with Gasteiger partial charge in [0.25, 0.3) is 0 Å². The molecule has 0 aromatic heterocycles. The molecule has 0 aliphatic carbocycles. The summed E-state index contributed by atoms with van der Waals surface area (Å²) in [6.45, 7) is 1.52. The molecule has 0 unspecified atom stereocenters. The van der Waals surface area contributed by atoms with Crippen LogP contribution < -0.4 is 0 Å². The Bertz CT molecular complexity index is 252. The minimum absolute atomic E-state index is 0.0607. The molecule has 4 heteroatoms. The van der Waals surface area contributed by atoms with Crippen molar-refractivity contribution in [2.24, 2.45) is 0 Å². The van der Waals surface area contributed by atoms with E-state index < -0.39 is 5.97 Å². The van der Waals surface area contributed by atoms with Gasteiger partial charge in [-0.3, -0.25) is 0 Å². The van der Waals surface area contributed by atoms with E-state index in [0.29, 0.717) is 5.33 Å². The molecule has 0 saturated carbocycles. The summed E-state index contributed by atoms with van der Waals surface area (Å²) in [7, 11) is 0. The van der Waals surface area contributed by atoms with E-state index in [9.17, 15) is 9.90 Å². The highest BCUT2D eigenvalue weighted by atomic mass is 79.9. The molecule has 60 valence electrons. The van der Waals surface area contributed by atoms with Gasteiger partial charge in [0, 0.05) is 5.33 Å².